The van der Waals surface area contributed by atoms with Crippen molar-refractivity contribution in [3.05, 3.63) is 83.4 Å². The van der Waals surface area contributed by atoms with Crippen LogP contribution in [0.5, 0.6) is 5.75 Å². The lowest BCUT2D eigenvalue weighted by molar-refractivity contribution is 0.0976. The predicted octanol–water partition coefficient (Wildman–Crippen LogP) is 3.07. The van der Waals surface area contributed by atoms with Crippen molar-refractivity contribution in [1.29, 1.82) is 0 Å². The zero-order valence-corrected chi connectivity index (χ0v) is 24.5. The highest BCUT2D eigenvalue weighted by Crippen LogP contribution is 2.29. The van der Waals surface area contributed by atoms with Crippen molar-refractivity contribution in [2.45, 2.75) is 32.5 Å². The lowest BCUT2D eigenvalue weighted by Gasteiger charge is -2.16. The van der Waals surface area contributed by atoms with Crippen LogP contribution in [0.25, 0.3) is 11.1 Å². The second-order valence-electron chi connectivity index (χ2n) is 9.75. The minimum absolute atomic E-state index is 0.131. The van der Waals surface area contributed by atoms with Crippen molar-refractivity contribution < 1.29 is 31.5 Å². The Kier molecular flexibility index (Phi) is 10.3. The molecular formula is C28H35N3O7S2. The van der Waals surface area contributed by atoms with E-state index in [0.717, 1.165) is 35.6 Å². The monoisotopic (exact) mass is 589 g/mol. The van der Waals surface area contributed by atoms with E-state index in [0.29, 0.717) is 24.3 Å². The molecule has 0 heterocycles. The van der Waals surface area contributed by atoms with Crippen LogP contribution in [0.4, 0.5) is 5.69 Å². The van der Waals surface area contributed by atoms with Crippen molar-refractivity contribution >= 4 is 31.6 Å². The second-order valence-corrected chi connectivity index (χ2v) is 13.2. The van der Waals surface area contributed by atoms with E-state index in [1.54, 1.807) is 42.5 Å². The molecule has 0 radical (unpaired) electrons. The Morgan fingerprint density at radius 2 is 1.57 bits per heavy atom. The van der Waals surface area contributed by atoms with Gasteiger partial charge in [0.25, 0.3) is 5.91 Å². The number of amides is 1. The third-order valence-corrected chi connectivity index (χ3v) is 6.82. The fourth-order valence-corrected chi connectivity index (χ4v) is 4.94. The number of rotatable bonds is 13. The molecule has 3 rings (SSSR count). The standard InChI is InChI=1S/C28H35N3O7S2/c1-19(2)38-27-17-22(12-13-25(27)28(33)31-40(4,36)37)21-10-8-20(9-11-21)14-15-29-18-26(32)23-6-5-7-24(16-23)30-39(3,34)35/h5-13,16-17,19,26,29-30,32H,14-15,18H2,1-4H3,(H,31,33)/t26-/m0/s1. The molecule has 0 unspecified atom stereocenters. The fourth-order valence-electron chi connectivity index (χ4n) is 3.94. The van der Waals surface area contributed by atoms with Gasteiger partial charge in [-0.25, -0.2) is 21.6 Å². The highest BCUT2D eigenvalue weighted by atomic mass is 32.2. The zero-order chi connectivity index (χ0) is 29.5. The maximum absolute atomic E-state index is 12.5. The van der Waals surface area contributed by atoms with E-state index in [2.05, 4.69) is 10.0 Å². The van der Waals surface area contributed by atoms with E-state index in [1.165, 1.54) is 0 Å². The van der Waals surface area contributed by atoms with E-state index < -0.39 is 32.1 Å². The summed E-state index contributed by atoms with van der Waals surface area (Å²) in [5, 5.41) is 13.7. The average molecular weight is 590 g/mol. The predicted molar refractivity (Wildman–Crippen MR) is 156 cm³/mol. The molecule has 1 amide bonds. The van der Waals surface area contributed by atoms with Crippen LogP contribution >= 0.6 is 0 Å². The van der Waals surface area contributed by atoms with Crippen molar-refractivity contribution in [3.8, 4) is 16.9 Å². The first kappa shape index (κ1) is 31.1. The molecule has 0 saturated heterocycles. The minimum atomic E-state index is -3.72. The third-order valence-electron chi connectivity index (χ3n) is 5.66. The summed E-state index contributed by atoms with van der Waals surface area (Å²) < 4.78 is 56.1. The van der Waals surface area contributed by atoms with Crippen LogP contribution in [0.2, 0.25) is 0 Å². The number of sulfonamides is 2. The van der Waals surface area contributed by atoms with Gasteiger partial charge in [-0.05, 0) is 73.3 Å². The van der Waals surface area contributed by atoms with Gasteiger partial charge in [0, 0.05) is 12.2 Å². The molecule has 0 aliphatic heterocycles. The molecular weight excluding hydrogens is 554 g/mol. The van der Waals surface area contributed by atoms with Crippen LogP contribution in [0.1, 0.15) is 41.4 Å². The number of carbonyl (C=O) groups excluding carboxylic acids is 1. The summed E-state index contributed by atoms with van der Waals surface area (Å²) in [4.78, 5) is 12.5. The van der Waals surface area contributed by atoms with Crippen molar-refractivity contribution in [1.82, 2.24) is 10.0 Å². The number of aliphatic hydroxyl groups is 1. The SMILES string of the molecule is CC(C)Oc1cc(-c2ccc(CCNC[C@H](O)c3cccc(NS(C)(=O)=O)c3)cc2)ccc1C(=O)NS(C)(=O)=O. The van der Waals surface area contributed by atoms with Crippen LogP contribution in [0.15, 0.2) is 66.7 Å². The van der Waals surface area contributed by atoms with E-state index >= 15 is 0 Å². The Hall–Kier alpha value is -3.45. The molecule has 10 nitrogen and oxygen atoms in total. The molecule has 0 aliphatic rings. The second kappa shape index (κ2) is 13.3. The Labute approximate surface area is 235 Å². The lowest BCUT2D eigenvalue weighted by Crippen LogP contribution is -2.30. The van der Waals surface area contributed by atoms with Gasteiger partial charge in [-0.15, -0.1) is 0 Å². The number of hydrogen-bond acceptors (Lipinski definition) is 8. The van der Waals surface area contributed by atoms with E-state index in [4.69, 9.17) is 4.74 Å². The van der Waals surface area contributed by atoms with Gasteiger partial charge in [-0.2, -0.15) is 0 Å². The summed E-state index contributed by atoms with van der Waals surface area (Å²) in [6.45, 7) is 4.56. The summed E-state index contributed by atoms with van der Waals surface area (Å²) in [6.07, 6.45) is 1.69. The Morgan fingerprint density at radius 1 is 0.900 bits per heavy atom. The number of ether oxygens (including phenoxy) is 1. The summed E-state index contributed by atoms with van der Waals surface area (Å²) >= 11 is 0. The third kappa shape index (κ3) is 9.94. The minimum Gasteiger partial charge on any atom is -0.490 e. The van der Waals surface area contributed by atoms with E-state index in [-0.39, 0.29) is 17.4 Å². The van der Waals surface area contributed by atoms with E-state index in [1.807, 2.05) is 42.8 Å². The lowest BCUT2D eigenvalue weighted by atomic mass is 10.0. The maximum Gasteiger partial charge on any atom is 0.268 e. The van der Waals surface area contributed by atoms with Crippen LogP contribution in [0, 0.1) is 0 Å². The number of aliphatic hydroxyl groups excluding tert-OH is 1. The molecule has 216 valence electrons. The topological polar surface area (TPSA) is 151 Å². The first-order chi connectivity index (χ1) is 18.7. The van der Waals surface area contributed by atoms with Crippen molar-refractivity contribution in [2.24, 2.45) is 0 Å². The Balaban J connectivity index is 1.60. The average Bonchev–Trinajstić information content (AvgIpc) is 2.84. The number of hydrogen-bond donors (Lipinski definition) is 4. The highest BCUT2D eigenvalue weighted by molar-refractivity contribution is 7.92. The molecule has 0 aromatic heterocycles. The molecule has 0 bridgehead atoms. The maximum atomic E-state index is 12.5. The summed E-state index contributed by atoms with van der Waals surface area (Å²) in [6, 6.07) is 19.5. The summed E-state index contributed by atoms with van der Waals surface area (Å²) in [7, 11) is -7.12. The molecule has 12 heteroatoms. The van der Waals surface area contributed by atoms with Gasteiger partial charge in [0.05, 0.1) is 30.3 Å². The first-order valence-corrected chi connectivity index (χ1v) is 16.4. The molecule has 3 aromatic rings. The van der Waals surface area contributed by atoms with Gasteiger partial charge in [-0.1, -0.05) is 42.5 Å². The molecule has 0 spiro atoms. The summed E-state index contributed by atoms with van der Waals surface area (Å²) in [5.74, 6) is -0.464. The normalized spacial score (nSPS) is 12.7. The number of anilines is 1. The molecule has 1 atom stereocenters. The molecule has 3 aromatic carbocycles. The van der Waals surface area contributed by atoms with Crippen LogP contribution < -0.4 is 19.5 Å². The Bertz CT molecular complexity index is 1540. The largest absolute Gasteiger partial charge is 0.490 e. The van der Waals surface area contributed by atoms with Crippen LogP contribution in [0.3, 0.4) is 0 Å². The van der Waals surface area contributed by atoms with Gasteiger partial charge in [0.2, 0.25) is 20.0 Å². The smallest absolute Gasteiger partial charge is 0.268 e. The number of carbonyl (C=O) groups is 1. The molecule has 4 N–H and O–H groups in total. The van der Waals surface area contributed by atoms with Gasteiger partial charge in [0.1, 0.15) is 5.75 Å². The number of benzene rings is 3. The van der Waals surface area contributed by atoms with Gasteiger partial charge in [-0.3, -0.25) is 9.52 Å². The zero-order valence-electron chi connectivity index (χ0n) is 22.8. The molecule has 0 saturated carbocycles. The van der Waals surface area contributed by atoms with Gasteiger partial charge >= 0.3 is 0 Å². The molecule has 0 aliphatic carbocycles. The van der Waals surface area contributed by atoms with Crippen LogP contribution in [-0.4, -0.2) is 59.6 Å². The first-order valence-electron chi connectivity index (χ1n) is 12.6. The quantitative estimate of drug-likeness (QED) is 0.222. The van der Waals surface area contributed by atoms with Crippen molar-refractivity contribution in [3.63, 3.8) is 0 Å². The van der Waals surface area contributed by atoms with Crippen LogP contribution in [-0.2, 0) is 26.5 Å². The van der Waals surface area contributed by atoms with Gasteiger partial charge < -0.3 is 15.2 Å². The summed E-state index contributed by atoms with van der Waals surface area (Å²) in [5.41, 5.74) is 3.92. The highest BCUT2D eigenvalue weighted by Gasteiger charge is 2.18. The molecule has 0 fully saturated rings. The fraction of sp³-hybridized carbons (Fsp3) is 0.321. The van der Waals surface area contributed by atoms with Gasteiger partial charge in [0.15, 0.2) is 0 Å². The van der Waals surface area contributed by atoms with Crippen molar-refractivity contribution in [2.75, 3.05) is 30.3 Å². The van der Waals surface area contributed by atoms with E-state index in [9.17, 15) is 26.7 Å². The molecule has 40 heavy (non-hydrogen) atoms. The number of nitrogens with one attached hydrogen (secondary N) is 3. The Morgan fingerprint density at radius 3 is 2.20 bits per heavy atom.